The second-order valence-corrected chi connectivity index (χ2v) is 3.38. The summed E-state index contributed by atoms with van der Waals surface area (Å²) in [6.45, 7) is -0.904. The Bertz CT molecular complexity index is 126. The minimum atomic E-state index is -0.904. The van der Waals surface area contributed by atoms with E-state index in [2.05, 4.69) is 14.2 Å². The van der Waals surface area contributed by atoms with Gasteiger partial charge >= 0.3 is 12.6 Å². The molecule has 5 nitrogen and oxygen atoms in total. The summed E-state index contributed by atoms with van der Waals surface area (Å²) < 4.78 is 15.4. The van der Waals surface area contributed by atoms with E-state index >= 15 is 0 Å². The normalized spacial score (nSPS) is 10.2. The molecule has 0 aromatic rings. The van der Waals surface area contributed by atoms with Crippen LogP contribution in [0.5, 0.6) is 0 Å². The fraction of sp³-hybridized carbons (Fsp3) is 0.800. The lowest BCUT2D eigenvalue weighted by atomic mass is 11.0. The third-order valence-corrected chi connectivity index (χ3v) is 1.31. The zero-order chi connectivity index (χ0) is 8.85. The minimum Gasteiger partial charge on any atom is -0.394 e. The molecule has 6 heteroatoms. The highest BCUT2D eigenvalue weighted by Gasteiger charge is 2.12. The van der Waals surface area contributed by atoms with Crippen LogP contribution < -0.4 is 0 Å². The van der Waals surface area contributed by atoms with E-state index < -0.39 is 12.6 Å². The van der Waals surface area contributed by atoms with E-state index in [1.54, 1.807) is 7.05 Å². The van der Waals surface area contributed by atoms with Gasteiger partial charge in [-0.3, -0.25) is 0 Å². The Hall–Kier alpha value is -0.593. The van der Waals surface area contributed by atoms with Gasteiger partial charge in [0, 0.05) is 21.3 Å². The highest BCUT2D eigenvalue weighted by Crippen LogP contribution is 1.95. The summed E-state index contributed by atoms with van der Waals surface area (Å²) in [4.78, 5) is 10.8. The molecule has 0 fully saturated rings. The van der Waals surface area contributed by atoms with Crippen molar-refractivity contribution in [2.24, 2.45) is 0 Å². The Kier molecular flexibility index (Phi) is 4.83. The first-order valence-electron chi connectivity index (χ1n) is 3.05. The van der Waals surface area contributed by atoms with E-state index in [-0.39, 0.29) is 0 Å². The van der Waals surface area contributed by atoms with Crippen molar-refractivity contribution in [1.82, 2.24) is 4.57 Å². The maximum atomic E-state index is 10.8. The highest BCUT2D eigenvalue weighted by atomic mass is 28.2. The van der Waals surface area contributed by atoms with Crippen molar-refractivity contribution in [3.8, 4) is 0 Å². The van der Waals surface area contributed by atoms with Gasteiger partial charge in [-0.25, -0.2) is 4.79 Å². The molecule has 0 aromatic carbocycles. The molecule has 1 amide bonds. The fourth-order valence-electron chi connectivity index (χ4n) is 0.380. The first-order valence-corrected chi connectivity index (χ1v) is 3.94. The molecule has 0 radical (unpaired) electrons. The van der Waals surface area contributed by atoms with Crippen molar-refractivity contribution < 1.29 is 19.0 Å². The lowest BCUT2D eigenvalue weighted by Gasteiger charge is -2.17. The third-order valence-electron chi connectivity index (χ3n) is 0.947. The Morgan fingerprint density at radius 3 is 2.18 bits per heavy atom. The van der Waals surface area contributed by atoms with E-state index in [1.165, 1.54) is 18.8 Å². The van der Waals surface area contributed by atoms with Crippen LogP contribution in [0.3, 0.4) is 0 Å². The number of ether oxygens (including phenoxy) is 3. The van der Waals surface area contributed by atoms with Crippen molar-refractivity contribution >= 4 is 16.5 Å². The van der Waals surface area contributed by atoms with Crippen LogP contribution in [-0.2, 0) is 14.2 Å². The smallest absolute Gasteiger partial charge is 0.394 e. The van der Waals surface area contributed by atoms with Crippen LogP contribution in [0.25, 0.3) is 0 Å². The van der Waals surface area contributed by atoms with Crippen molar-refractivity contribution in [1.29, 1.82) is 0 Å². The van der Waals surface area contributed by atoms with E-state index in [4.69, 9.17) is 0 Å². The third kappa shape index (κ3) is 3.97. The van der Waals surface area contributed by atoms with E-state index in [0.717, 1.165) is 0 Å². The second kappa shape index (κ2) is 5.11. The van der Waals surface area contributed by atoms with Crippen LogP contribution in [0.1, 0.15) is 0 Å². The average molecular weight is 179 g/mol. The van der Waals surface area contributed by atoms with Gasteiger partial charge < -0.3 is 18.8 Å². The lowest BCUT2D eigenvalue weighted by molar-refractivity contribution is -0.236. The number of carbonyl (C=O) groups excluding carboxylic acids is 1. The summed E-state index contributed by atoms with van der Waals surface area (Å²) in [7, 11) is 5.04. The quantitative estimate of drug-likeness (QED) is 0.408. The maximum absolute atomic E-state index is 10.8. The zero-order valence-electron chi connectivity index (χ0n) is 7.16. The average Bonchev–Trinajstić information content (AvgIpc) is 1.99. The first kappa shape index (κ1) is 10.4. The van der Waals surface area contributed by atoms with Crippen LogP contribution in [0.15, 0.2) is 0 Å². The number of rotatable bonds is 3. The SMILES string of the molecule is COC(OC)OC(=O)N(C)[SiH3]. The number of methoxy groups -OCH3 is 2. The summed E-state index contributed by atoms with van der Waals surface area (Å²) in [5.74, 6) is 0. The molecule has 0 heterocycles. The van der Waals surface area contributed by atoms with Gasteiger partial charge in [0.15, 0.2) is 0 Å². The van der Waals surface area contributed by atoms with E-state index in [9.17, 15) is 4.79 Å². The number of hydrogen-bond acceptors (Lipinski definition) is 4. The number of nitrogens with zero attached hydrogens (tertiary/aromatic N) is 1. The summed E-state index contributed by atoms with van der Waals surface area (Å²) >= 11 is 0. The summed E-state index contributed by atoms with van der Waals surface area (Å²) in [6, 6.07) is 0. The van der Waals surface area contributed by atoms with Crippen molar-refractivity contribution in [3.05, 3.63) is 0 Å². The van der Waals surface area contributed by atoms with Crippen LogP contribution in [-0.4, -0.2) is 48.8 Å². The Balaban J connectivity index is 3.72. The number of carbonyl (C=O) groups is 1. The topological polar surface area (TPSA) is 48.0 Å². The monoisotopic (exact) mass is 179 g/mol. The van der Waals surface area contributed by atoms with Crippen LogP contribution in [0, 0.1) is 0 Å². The molecule has 0 aromatic heterocycles. The standard InChI is InChI=1S/C5H13NO4Si/c1-6(11)4(7)10-5(8-2)9-3/h5H,1-3,11H3. The van der Waals surface area contributed by atoms with Crippen molar-refractivity contribution in [2.45, 2.75) is 6.48 Å². The van der Waals surface area contributed by atoms with Crippen LogP contribution in [0.2, 0.25) is 0 Å². The van der Waals surface area contributed by atoms with Crippen LogP contribution in [0.4, 0.5) is 4.79 Å². The van der Waals surface area contributed by atoms with Gasteiger partial charge in [0.1, 0.15) is 10.4 Å². The first-order chi connectivity index (χ1) is 5.11. The van der Waals surface area contributed by atoms with Gasteiger partial charge in [-0.2, -0.15) is 0 Å². The highest BCUT2D eigenvalue weighted by molar-refractivity contribution is 6.12. The molecular formula is C5H13NO4Si. The van der Waals surface area contributed by atoms with Gasteiger partial charge in [0.25, 0.3) is 0 Å². The van der Waals surface area contributed by atoms with Gasteiger partial charge in [-0.1, -0.05) is 0 Å². The maximum Gasteiger partial charge on any atom is 0.404 e. The zero-order valence-corrected chi connectivity index (χ0v) is 9.16. The molecule has 0 bridgehead atoms. The van der Waals surface area contributed by atoms with Gasteiger partial charge in [0.05, 0.1) is 0 Å². The predicted molar refractivity (Wildman–Crippen MR) is 42.0 cm³/mol. The molecular weight excluding hydrogens is 166 g/mol. The molecule has 0 rings (SSSR count). The van der Waals surface area contributed by atoms with Crippen LogP contribution >= 0.6 is 0 Å². The number of hydrogen-bond donors (Lipinski definition) is 0. The minimum absolute atomic E-state index is 0.439. The molecule has 0 N–H and O–H groups in total. The van der Waals surface area contributed by atoms with E-state index in [0.29, 0.717) is 10.4 Å². The number of amides is 1. The molecule has 66 valence electrons. The van der Waals surface area contributed by atoms with Gasteiger partial charge in [-0.05, 0) is 0 Å². The van der Waals surface area contributed by atoms with E-state index in [1.807, 2.05) is 0 Å². The van der Waals surface area contributed by atoms with Crippen molar-refractivity contribution in [2.75, 3.05) is 21.3 Å². The Morgan fingerprint density at radius 1 is 1.45 bits per heavy atom. The molecule has 0 aliphatic rings. The summed E-state index contributed by atoms with van der Waals surface area (Å²) in [6.07, 6.45) is -0.439. The molecule has 0 saturated heterocycles. The van der Waals surface area contributed by atoms with Gasteiger partial charge in [-0.15, -0.1) is 0 Å². The molecule has 0 unspecified atom stereocenters. The molecule has 11 heavy (non-hydrogen) atoms. The molecule has 0 aliphatic carbocycles. The second-order valence-electron chi connectivity index (χ2n) is 2.04. The van der Waals surface area contributed by atoms with Crippen molar-refractivity contribution in [3.63, 3.8) is 0 Å². The Labute approximate surface area is 68.7 Å². The molecule has 0 saturated carbocycles. The predicted octanol–water partition coefficient (Wildman–Crippen LogP) is -1.09. The lowest BCUT2D eigenvalue weighted by Crippen LogP contribution is -2.30. The summed E-state index contributed by atoms with van der Waals surface area (Å²) in [5, 5.41) is 0. The molecule has 0 aliphatic heterocycles. The Morgan fingerprint density at radius 2 is 1.91 bits per heavy atom. The summed E-state index contributed by atoms with van der Waals surface area (Å²) in [5.41, 5.74) is 0. The largest absolute Gasteiger partial charge is 0.404 e. The molecule has 0 atom stereocenters. The molecule has 0 spiro atoms. The van der Waals surface area contributed by atoms with Gasteiger partial charge in [0.2, 0.25) is 0 Å². The fourth-order valence-corrected chi connectivity index (χ4v) is 0.486.